The zero-order valence-electron chi connectivity index (χ0n) is 17.0. The van der Waals surface area contributed by atoms with Gasteiger partial charge in [-0.15, -0.1) is 0 Å². The number of esters is 1. The first kappa shape index (κ1) is 20.5. The topological polar surface area (TPSA) is 67.9 Å². The van der Waals surface area contributed by atoms with E-state index in [4.69, 9.17) is 9.47 Å². The van der Waals surface area contributed by atoms with Gasteiger partial charge in [-0.1, -0.05) is 24.3 Å². The number of para-hydroxylation sites is 2. The van der Waals surface area contributed by atoms with Crippen LogP contribution in [0.15, 0.2) is 54.6 Å². The summed E-state index contributed by atoms with van der Waals surface area (Å²) in [7, 11) is 1.60. The Hall–Kier alpha value is -3.28. The number of carbonyl (C=O) groups excluding carboxylic acids is 2. The molecule has 1 amide bonds. The van der Waals surface area contributed by atoms with E-state index in [1.165, 1.54) is 6.08 Å². The minimum atomic E-state index is -0.676. The lowest BCUT2D eigenvalue weighted by Crippen LogP contribution is -2.54. The Morgan fingerprint density at radius 3 is 2.76 bits per heavy atom. The van der Waals surface area contributed by atoms with Crippen molar-refractivity contribution in [3.05, 3.63) is 60.2 Å². The molecule has 0 atom stereocenters. The van der Waals surface area contributed by atoms with Crippen molar-refractivity contribution in [3.63, 3.8) is 0 Å². The van der Waals surface area contributed by atoms with E-state index in [2.05, 4.69) is 5.32 Å². The van der Waals surface area contributed by atoms with Crippen LogP contribution in [0.2, 0.25) is 0 Å². The molecule has 3 rings (SSSR count). The van der Waals surface area contributed by atoms with E-state index in [9.17, 15) is 9.59 Å². The second kappa shape index (κ2) is 8.82. The van der Waals surface area contributed by atoms with Crippen molar-refractivity contribution in [2.24, 2.45) is 0 Å². The Morgan fingerprint density at radius 2 is 1.97 bits per heavy atom. The second-order valence-corrected chi connectivity index (χ2v) is 7.35. The van der Waals surface area contributed by atoms with Crippen molar-refractivity contribution in [1.82, 2.24) is 0 Å². The summed E-state index contributed by atoms with van der Waals surface area (Å²) in [4.78, 5) is 26.5. The van der Waals surface area contributed by atoms with Crippen molar-refractivity contribution in [2.75, 3.05) is 30.5 Å². The second-order valence-electron chi connectivity index (χ2n) is 7.35. The van der Waals surface area contributed by atoms with Gasteiger partial charge < -0.3 is 19.7 Å². The summed E-state index contributed by atoms with van der Waals surface area (Å²) in [6.45, 7) is 4.44. The lowest BCUT2D eigenvalue weighted by molar-refractivity contribution is -0.137. The molecule has 6 nitrogen and oxygen atoms in total. The highest BCUT2D eigenvalue weighted by Crippen LogP contribution is 2.34. The molecule has 1 aliphatic rings. The Balaban J connectivity index is 1.52. The molecular formula is C23H26N2O4. The number of benzene rings is 2. The first-order chi connectivity index (χ1) is 13.9. The van der Waals surface area contributed by atoms with Crippen LogP contribution in [0.1, 0.15) is 25.8 Å². The van der Waals surface area contributed by atoms with Crippen LogP contribution in [0, 0.1) is 0 Å². The number of hydrogen-bond donors (Lipinski definition) is 1. The summed E-state index contributed by atoms with van der Waals surface area (Å²) < 4.78 is 10.4. The smallest absolute Gasteiger partial charge is 0.330 e. The normalized spacial score (nSPS) is 15.0. The highest BCUT2D eigenvalue weighted by Gasteiger charge is 2.38. The number of ether oxygens (including phenoxy) is 2. The standard InChI is InChI=1S/C23H26N2O4/c1-23(2)22(27)25(20-11-5-4-10-19(20)24-23)14-7-15-29-21(26)13-12-17-8-6-9-18(16-17)28-3/h4-6,8-13,16,24H,7,14-15H2,1-3H3/b13-12+. The molecule has 6 heteroatoms. The molecule has 1 heterocycles. The van der Waals surface area contributed by atoms with Crippen molar-refractivity contribution >= 4 is 29.3 Å². The van der Waals surface area contributed by atoms with Gasteiger partial charge in [0.1, 0.15) is 11.3 Å². The van der Waals surface area contributed by atoms with Gasteiger partial charge in [-0.25, -0.2) is 4.79 Å². The molecule has 0 radical (unpaired) electrons. The van der Waals surface area contributed by atoms with E-state index in [0.29, 0.717) is 13.0 Å². The Labute approximate surface area is 171 Å². The van der Waals surface area contributed by atoms with Crippen LogP contribution in [0.3, 0.4) is 0 Å². The SMILES string of the molecule is COc1cccc(/C=C/C(=O)OCCCN2C(=O)C(C)(C)Nc3ccccc32)c1. The molecule has 0 aromatic heterocycles. The molecule has 1 N–H and O–H groups in total. The maximum Gasteiger partial charge on any atom is 0.330 e. The number of nitrogens with one attached hydrogen (secondary N) is 1. The molecule has 2 aromatic rings. The Morgan fingerprint density at radius 1 is 1.17 bits per heavy atom. The first-order valence-electron chi connectivity index (χ1n) is 9.59. The lowest BCUT2D eigenvalue weighted by atomic mass is 9.98. The minimum absolute atomic E-state index is 0.000414. The van der Waals surface area contributed by atoms with Crippen molar-refractivity contribution in [3.8, 4) is 5.75 Å². The van der Waals surface area contributed by atoms with Crippen molar-refractivity contribution in [2.45, 2.75) is 25.8 Å². The number of hydrogen-bond acceptors (Lipinski definition) is 5. The summed E-state index contributed by atoms with van der Waals surface area (Å²) >= 11 is 0. The highest BCUT2D eigenvalue weighted by atomic mass is 16.5. The zero-order chi connectivity index (χ0) is 20.9. The summed E-state index contributed by atoms with van der Waals surface area (Å²) in [5.74, 6) is 0.310. The molecule has 0 saturated heterocycles. The van der Waals surface area contributed by atoms with E-state index in [-0.39, 0.29) is 12.5 Å². The third-order valence-corrected chi connectivity index (χ3v) is 4.70. The maximum absolute atomic E-state index is 12.8. The van der Waals surface area contributed by atoms with Crippen molar-refractivity contribution < 1.29 is 19.1 Å². The molecule has 0 aliphatic carbocycles. The molecule has 0 fully saturated rings. The van der Waals surface area contributed by atoms with E-state index in [0.717, 1.165) is 22.7 Å². The lowest BCUT2D eigenvalue weighted by Gasteiger charge is -2.39. The molecule has 152 valence electrons. The number of rotatable bonds is 7. The van der Waals surface area contributed by atoms with E-state index in [1.54, 1.807) is 18.1 Å². The van der Waals surface area contributed by atoms with Gasteiger partial charge in [0.25, 0.3) is 5.91 Å². The fourth-order valence-electron chi connectivity index (χ4n) is 3.23. The molecular weight excluding hydrogens is 368 g/mol. The predicted molar refractivity (Wildman–Crippen MR) is 114 cm³/mol. The Bertz CT molecular complexity index is 921. The third-order valence-electron chi connectivity index (χ3n) is 4.70. The average Bonchev–Trinajstić information content (AvgIpc) is 2.72. The molecule has 0 bridgehead atoms. The predicted octanol–water partition coefficient (Wildman–Crippen LogP) is 3.88. The van der Waals surface area contributed by atoms with Crippen LogP contribution < -0.4 is 15.0 Å². The van der Waals surface area contributed by atoms with Gasteiger partial charge in [0.15, 0.2) is 0 Å². The summed E-state index contributed by atoms with van der Waals surface area (Å²) in [6, 6.07) is 15.1. The van der Waals surface area contributed by atoms with Crippen LogP contribution >= 0.6 is 0 Å². The summed E-state index contributed by atoms with van der Waals surface area (Å²) in [5.41, 5.74) is 1.95. The van der Waals surface area contributed by atoms with Crippen LogP contribution in [0.4, 0.5) is 11.4 Å². The number of amides is 1. The number of nitrogens with zero attached hydrogens (tertiary/aromatic N) is 1. The van der Waals surface area contributed by atoms with Gasteiger partial charge in [0, 0.05) is 12.6 Å². The molecule has 0 spiro atoms. The van der Waals surface area contributed by atoms with Crippen LogP contribution in [0.5, 0.6) is 5.75 Å². The van der Waals surface area contributed by atoms with Crippen LogP contribution in [-0.2, 0) is 14.3 Å². The van der Waals surface area contributed by atoms with Crippen LogP contribution in [-0.4, -0.2) is 37.7 Å². The van der Waals surface area contributed by atoms with E-state index < -0.39 is 11.5 Å². The largest absolute Gasteiger partial charge is 0.497 e. The quantitative estimate of drug-likeness (QED) is 0.439. The maximum atomic E-state index is 12.8. The molecule has 1 aliphatic heterocycles. The fraction of sp³-hybridized carbons (Fsp3) is 0.304. The van der Waals surface area contributed by atoms with Gasteiger partial charge in [-0.3, -0.25) is 4.79 Å². The van der Waals surface area contributed by atoms with E-state index >= 15 is 0 Å². The fourth-order valence-corrected chi connectivity index (χ4v) is 3.23. The van der Waals surface area contributed by atoms with Gasteiger partial charge in [0.05, 0.1) is 25.1 Å². The third kappa shape index (κ3) is 4.96. The highest BCUT2D eigenvalue weighted by molar-refractivity contribution is 6.07. The molecule has 0 unspecified atom stereocenters. The van der Waals surface area contributed by atoms with Gasteiger partial charge in [-0.2, -0.15) is 0 Å². The zero-order valence-corrected chi connectivity index (χ0v) is 17.0. The number of anilines is 2. The number of methoxy groups -OCH3 is 1. The van der Waals surface area contributed by atoms with E-state index in [1.807, 2.05) is 62.4 Å². The van der Waals surface area contributed by atoms with Gasteiger partial charge in [0.2, 0.25) is 0 Å². The summed E-state index contributed by atoms with van der Waals surface area (Å²) in [6.07, 6.45) is 3.63. The monoisotopic (exact) mass is 394 g/mol. The van der Waals surface area contributed by atoms with Crippen molar-refractivity contribution in [1.29, 1.82) is 0 Å². The average molecular weight is 394 g/mol. The van der Waals surface area contributed by atoms with Gasteiger partial charge >= 0.3 is 5.97 Å². The van der Waals surface area contributed by atoms with Gasteiger partial charge in [-0.05, 0) is 56.2 Å². The number of carbonyl (C=O) groups is 2. The Kier molecular flexibility index (Phi) is 6.22. The first-order valence-corrected chi connectivity index (χ1v) is 9.59. The summed E-state index contributed by atoms with van der Waals surface area (Å²) in [5, 5.41) is 3.27. The number of fused-ring (bicyclic) bond motifs is 1. The molecule has 29 heavy (non-hydrogen) atoms. The molecule has 0 saturated carbocycles. The van der Waals surface area contributed by atoms with Crippen LogP contribution in [0.25, 0.3) is 6.08 Å². The minimum Gasteiger partial charge on any atom is -0.497 e. The molecule has 2 aromatic carbocycles.